The van der Waals surface area contributed by atoms with Crippen LogP contribution in [0.5, 0.6) is 0 Å². The molecule has 0 atom stereocenters. The van der Waals surface area contributed by atoms with E-state index in [0.717, 1.165) is 66.4 Å². The van der Waals surface area contributed by atoms with Crippen LogP contribution in [0.25, 0.3) is 66.4 Å². The van der Waals surface area contributed by atoms with Gasteiger partial charge in [-0.3, -0.25) is 0 Å². The Bertz CT molecular complexity index is 2720. The molecule has 0 N–H and O–H groups in total. The molecule has 0 saturated carbocycles. The standard InChI is InChI=1S/C44H30N2O2/c1-44(2)37-14-8-6-12-33(37)35-25-30(18-21-38(35)44)46(31-19-23-41-36(26-31)34-13-7-9-15-40(34)47-41)29-17-20-32-28(24-29)16-22-39-42(32)48-43(45-39)27-10-4-3-5-11-27/h3-26H,1-2H3. The van der Waals surface area contributed by atoms with Gasteiger partial charge in [0.2, 0.25) is 5.89 Å². The van der Waals surface area contributed by atoms with Crippen molar-refractivity contribution in [1.82, 2.24) is 4.98 Å². The molecule has 0 saturated heterocycles. The van der Waals surface area contributed by atoms with Crippen LogP contribution in [-0.2, 0) is 5.41 Å². The van der Waals surface area contributed by atoms with Crippen LogP contribution in [0.3, 0.4) is 0 Å². The molecule has 228 valence electrons. The molecule has 0 spiro atoms. The summed E-state index contributed by atoms with van der Waals surface area (Å²) < 4.78 is 12.6. The van der Waals surface area contributed by atoms with Gasteiger partial charge in [-0.2, -0.15) is 0 Å². The summed E-state index contributed by atoms with van der Waals surface area (Å²) in [5, 5.41) is 4.33. The summed E-state index contributed by atoms with van der Waals surface area (Å²) in [4.78, 5) is 7.17. The highest BCUT2D eigenvalue weighted by atomic mass is 16.3. The molecule has 2 heterocycles. The van der Waals surface area contributed by atoms with E-state index in [2.05, 4.69) is 122 Å². The van der Waals surface area contributed by atoms with Gasteiger partial charge in [-0.1, -0.05) is 86.6 Å². The van der Waals surface area contributed by atoms with Crippen LogP contribution in [0.4, 0.5) is 17.1 Å². The first-order valence-electron chi connectivity index (χ1n) is 16.4. The first-order chi connectivity index (χ1) is 23.5. The Hall–Kier alpha value is -6.13. The van der Waals surface area contributed by atoms with Gasteiger partial charge in [0.25, 0.3) is 0 Å². The van der Waals surface area contributed by atoms with Gasteiger partial charge in [-0.25, -0.2) is 4.98 Å². The number of oxazole rings is 1. The Morgan fingerprint density at radius 3 is 2.15 bits per heavy atom. The molecule has 4 nitrogen and oxygen atoms in total. The van der Waals surface area contributed by atoms with E-state index in [9.17, 15) is 0 Å². The normalized spacial score (nSPS) is 13.4. The van der Waals surface area contributed by atoms with Crippen molar-refractivity contribution in [2.24, 2.45) is 0 Å². The second-order valence-electron chi connectivity index (χ2n) is 13.2. The van der Waals surface area contributed by atoms with Crippen LogP contribution < -0.4 is 4.90 Å². The Balaban J connectivity index is 1.18. The number of para-hydroxylation sites is 1. The Morgan fingerprint density at radius 1 is 0.521 bits per heavy atom. The Labute approximate surface area is 277 Å². The van der Waals surface area contributed by atoms with Crippen molar-refractivity contribution in [2.45, 2.75) is 19.3 Å². The summed E-state index contributed by atoms with van der Waals surface area (Å²) in [7, 11) is 0. The summed E-state index contributed by atoms with van der Waals surface area (Å²) in [5.74, 6) is 0.630. The van der Waals surface area contributed by atoms with Gasteiger partial charge in [0.05, 0.1) is 0 Å². The summed E-state index contributed by atoms with van der Waals surface area (Å²) in [6, 6.07) is 51.4. The van der Waals surface area contributed by atoms with Crippen molar-refractivity contribution in [2.75, 3.05) is 4.90 Å². The molecule has 0 bridgehead atoms. The van der Waals surface area contributed by atoms with Crippen LogP contribution in [0.1, 0.15) is 25.0 Å². The number of anilines is 3. The fourth-order valence-electron chi connectivity index (χ4n) is 7.69. The van der Waals surface area contributed by atoms with Crippen LogP contribution >= 0.6 is 0 Å². The fraction of sp³-hybridized carbons (Fsp3) is 0.0682. The van der Waals surface area contributed by atoms with Gasteiger partial charge in [-0.05, 0) is 100 Å². The monoisotopic (exact) mass is 618 g/mol. The molecule has 9 aromatic rings. The SMILES string of the molecule is CC1(C)c2ccccc2-c2cc(N(c3ccc4c(ccc5nc(-c6ccccc6)oc54)c3)c3ccc4oc5ccccc5c4c3)ccc21. The number of furan rings is 1. The summed E-state index contributed by atoms with van der Waals surface area (Å²) in [5.41, 5.74) is 12.8. The molecule has 4 heteroatoms. The van der Waals surface area contributed by atoms with E-state index in [4.69, 9.17) is 13.8 Å². The summed E-state index contributed by atoms with van der Waals surface area (Å²) >= 11 is 0. The van der Waals surface area contributed by atoms with E-state index in [-0.39, 0.29) is 5.41 Å². The number of hydrogen-bond acceptors (Lipinski definition) is 4. The van der Waals surface area contributed by atoms with Crippen molar-refractivity contribution in [3.05, 3.63) is 157 Å². The molecular weight excluding hydrogens is 588 g/mol. The van der Waals surface area contributed by atoms with Gasteiger partial charge >= 0.3 is 0 Å². The van der Waals surface area contributed by atoms with Crippen molar-refractivity contribution in [1.29, 1.82) is 0 Å². The number of benzene rings is 7. The molecule has 0 fully saturated rings. The molecular formula is C44H30N2O2. The third kappa shape index (κ3) is 3.93. The third-order valence-corrected chi connectivity index (χ3v) is 10.1. The lowest BCUT2D eigenvalue weighted by atomic mass is 9.82. The second-order valence-corrected chi connectivity index (χ2v) is 13.2. The molecule has 0 amide bonds. The summed E-state index contributed by atoms with van der Waals surface area (Å²) in [6.07, 6.45) is 0. The highest BCUT2D eigenvalue weighted by molar-refractivity contribution is 6.08. The molecule has 0 unspecified atom stereocenters. The van der Waals surface area contributed by atoms with Crippen LogP contribution in [-0.4, -0.2) is 4.98 Å². The number of rotatable bonds is 4. The molecule has 0 aliphatic heterocycles. The van der Waals surface area contributed by atoms with Gasteiger partial charge in [-0.15, -0.1) is 0 Å². The molecule has 1 aliphatic rings. The Kier molecular flexibility index (Phi) is 5.59. The average Bonchev–Trinajstić information content (AvgIpc) is 3.80. The van der Waals surface area contributed by atoms with Crippen molar-refractivity contribution >= 4 is 60.9 Å². The van der Waals surface area contributed by atoms with Gasteiger partial charge < -0.3 is 13.7 Å². The molecule has 7 aromatic carbocycles. The van der Waals surface area contributed by atoms with E-state index in [0.29, 0.717) is 5.89 Å². The zero-order valence-corrected chi connectivity index (χ0v) is 26.6. The lowest BCUT2D eigenvalue weighted by molar-refractivity contribution is 0.623. The maximum absolute atomic E-state index is 6.39. The maximum Gasteiger partial charge on any atom is 0.227 e. The molecule has 1 aliphatic carbocycles. The van der Waals surface area contributed by atoms with Crippen molar-refractivity contribution in [3.8, 4) is 22.6 Å². The minimum atomic E-state index is -0.0616. The molecule has 48 heavy (non-hydrogen) atoms. The number of aromatic nitrogens is 1. The topological polar surface area (TPSA) is 42.4 Å². The predicted octanol–water partition coefficient (Wildman–Crippen LogP) is 12.3. The van der Waals surface area contributed by atoms with Gasteiger partial charge in [0.15, 0.2) is 5.58 Å². The molecule has 0 radical (unpaired) electrons. The van der Waals surface area contributed by atoms with E-state index < -0.39 is 0 Å². The van der Waals surface area contributed by atoms with Crippen LogP contribution in [0.15, 0.2) is 154 Å². The first-order valence-corrected chi connectivity index (χ1v) is 16.4. The van der Waals surface area contributed by atoms with Crippen LogP contribution in [0, 0.1) is 0 Å². The number of nitrogens with zero attached hydrogens (tertiary/aromatic N) is 2. The summed E-state index contributed by atoms with van der Waals surface area (Å²) in [6.45, 7) is 4.65. The zero-order chi connectivity index (χ0) is 32.0. The third-order valence-electron chi connectivity index (χ3n) is 10.1. The maximum atomic E-state index is 6.39. The molecule has 10 rings (SSSR count). The number of fused-ring (bicyclic) bond motifs is 9. The minimum absolute atomic E-state index is 0.0616. The van der Waals surface area contributed by atoms with E-state index in [1.807, 2.05) is 42.5 Å². The highest BCUT2D eigenvalue weighted by Crippen LogP contribution is 2.51. The number of hydrogen-bond donors (Lipinski definition) is 0. The van der Waals surface area contributed by atoms with E-state index >= 15 is 0 Å². The van der Waals surface area contributed by atoms with Crippen molar-refractivity contribution in [3.63, 3.8) is 0 Å². The van der Waals surface area contributed by atoms with E-state index in [1.54, 1.807) is 0 Å². The lowest BCUT2D eigenvalue weighted by Crippen LogP contribution is -2.15. The average molecular weight is 619 g/mol. The molecule has 2 aromatic heterocycles. The van der Waals surface area contributed by atoms with Crippen molar-refractivity contribution < 1.29 is 8.83 Å². The predicted molar refractivity (Wildman–Crippen MR) is 196 cm³/mol. The van der Waals surface area contributed by atoms with E-state index in [1.165, 1.54) is 22.3 Å². The zero-order valence-electron chi connectivity index (χ0n) is 26.6. The van der Waals surface area contributed by atoms with Gasteiger partial charge in [0.1, 0.15) is 16.7 Å². The minimum Gasteiger partial charge on any atom is -0.456 e. The second kappa shape index (κ2) is 9.93. The fourth-order valence-corrected chi connectivity index (χ4v) is 7.69. The highest BCUT2D eigenvalue weighted by Gasteiger charge is 2.35. The quantitative estimate of drug-likeness (QED) is 0.197. The van der Waals surface area contributed by atoms with Gasteiger partial charge in [0, 0.05) is 44.2 Å². The largest absolute Gasteiger partial charge is 0.456 e. The first kappa shape index (κ1) is 27.0. The smallest absolute Gasteiger partial charge is 0.227 e. The lowest BCUT2D eigenvalue weighted by Gasteiger charge is -2.27. The Morgan fingerprint density at radius 2 is 1.23 bits per heavy atom. The van der Waals surface area contributed by atoms with Crippen LogP contribution in [0.2, 0.25) is 0 Å².